The number of hydrogen-bond donors (Lipinski definition) is 0. The van der Waals surface area contributed by atoms with E-state index in [0.29, 0.717) is 6.61 Å². The van der Waals surface area contributed by atoms with Crippen molar-refractivity contribution >= 4 is 6.08 Å². The van der Waals surface area contributed by atoms with Crippen LogP contribution in [0.3, 0.4) is 0 Å². The molecule has 0 amide bonds. The van der Waals surface area contributed by atoms with Crippen LogP contribution in [0.2, 0.25) is 0 Å². The van der Waals surface area contributed by atoms with Crippen molar-refractivity contribution in [2.45, 2.75) is 19.1 Å². The van der Waals surface area contributed by atoms with Gasteiger partial charge in [-0.25, -0.2) is 0 Å². The Hall–Kier alpha value is -2.06. The predicted octanol–water partition coefficient (Wildman–Crippen LogP) is 3.85. The minimum absolute atomic E-state index is 0.159. The van der Waals surface area contributed by atoms with Crippen molar-refractivity contribution in [3.05, 3.63) is 71.3 Å². The molecule has 1 aliphatic rings. The standard InChI is InChI=1S/C18H18O2/c1-19-17-9-6-14(7-10-17)8-11-18-12-15-4-2-3-5-16(15)13-20-18/h2-11,18H,12-13H2,1H3/b11-8+/t18-/m1/s1. The fraction of sp³-hybridized carbons (Fsp3) is 0.222. The largest absolute Gasteiger partial charge is 0.497 e. The zero-order chi connectivity index (χ0) is 13.8. The first kappa shape index (κ1) is 12.9. The fourth-order valence-electron chi connectivity index (χ4n) is 2.43. The van der Waals surface area contributed by atoms with E-state index in [-0.39, 0.29) is 6.10 Å². The van der Waals surface area contributed by atoms with Crippen LogP contribution < -0.4 is 4.74 Å². The van der Waals surface area contributed by atoms with Crippen molar-refractivity contribution in [3.63, 3.8) is 0 Å². The molecular formula is C18H18O2. The maximum absolute atomic E-state index is 5.86. The Morgan fingerprint density at radius 2 is 1.80 bits per heavy atom. The zero-order valence-electron chi connectivity index (χ0n) is 11.6. The van der Waals surface area contributed by atoms with Gasteiger partial charge in [-0.2, -0.15) is 0 Å². The molecule has 0 spiro atoms. The highest BCUT2D eigenvalue weighted by molar-refractivity contribution is 5.51. The van der Waals surface area contributed by atoms with E-state index in [4.69, 9.17) is 9.47 Å². The van der Waals surface area contributed by atoms with Gasteiger partial charge < -0.3 is 9.47 Å². The minimum atomic E-state index is 0.159. The molecule has 0 aromatic heterocycles. The number of fused-ring (bicyclic) bond motifs is 1. The van der Waals surface area contributed by atoms with Gasteiger partial charge in [-0.05, 0) is 28.8 Å². The molecule has 2 heteroatoms. The van der Waals surface area contributed by atoms with Crippen LogP contribution in [0.5, 0.6) is 5.75 Å². The highest BCUT2D eigenvalue weighted by Gasteiger charge is 2.15. The summed E-state index contributed by atoms with van der Waals surface area (Å²) in [6, 6.07) is 16.5. The van der Waals surface area contributed by atoms with E-state index >= 15 is 0 Å². The lowest BCUT2D eigenvalue weighted by atomic mass is 9.98. The monoisotopic (exact) mass is 266 g/mol. The second-order valence-electron chi connectivity index (χ2n) is 4.95. The highest BCUT2D eigenvalue weighted by Crippen LogP contribution is 2.21. The minimum Gasteiger partial charge on any atom is -0.497 e. The number of ether oxygens (including phenoxy) is 2. The normalized spacial score (nSPS) is 17.9. The lowest BCUT2D eigenvalue weighted by molar-refractivity contribution is 0.0600. The Kier molecular flexibility index (Phi) is 3.84. The smallest absolute Gasteiger partial charge is 0.118 e. The van der Waals surface area contributed by atoms with Crippen LogP contribution >= 0.6 is 0 Å². The predicted molar refractivity (Wildman–Crippen MR) is 80.8 cm³/mol. The number of rotatable bonds is 3. The van der Waals surface area contributed by atoms with Gasteiger partial charge in [0.2, 0.25) is 0 Å². The van der Waals surface area contributed by atoms with Crippen LogP contribution in [0, 0.1) is 0 Å². The van der Waals surface area contributed by atoms with Crippen LogP contribution in [0.15, 0.2) is 54.6 Å². The maximum atomic E-state index is 5.86. The summed E-state index contributed by atoms with van der Waals surface area (Å²) in [6.07, 6.45) is 5.35. The molecule has 2 aromatic rings. The zero-order valence-corrected chi connectivity index (χ0v) is 11.6. The van der Waals surface area contributed by atoms with Gasteiger partial charge in [0.05, 0.1) is 19.8 Å². The van der Waals surface area contributed by atoms with Gasteiger partial charge in [-0.1, -0.05) is 48.6 Å². The summed E-state index contributed by atoms with van der Waals surface area (Å²) in [5, 5.41) is 0. The first-order valence-corrected chi connectivity index (χ1v) is 6.86. The van der Waals surface area contributed by atoms with Crippen molar-refractivity contribution in [2.24, 2.45) is 0 Å². The van der Waals surface area contributed by atoms with Crippen molar-refractivity contribution < 1.29 is 9.47 Å². The summed E-state index contributed by atoms with van der Waals surface area (Å²) in [5.74, 6) is 0.880. The quantitative estimate of drug-likeness (QED) is 0.840. The van der Waals surface area contributed by atoms with E-state index < -0.39 is 0 Å². The molecular weight excluding hydrogens is 248 g/mol. The second kappa shape index (κ2) is 5.93. The molecule has 0 unspecified atom stereocenters. The Morgan fingerprint density at radius 1 is 1.05 bits per heavy atom. The SMILES string of the molecule is COc1ccc(/C=C/[C@@H]2Cc3ccccc3CO2)cc1. The van der Waals surface area contributed by atoms with Gasteiger partial charge >= 0.3 is 0 Å². The molecule has 2 nitrogen and oxygen atoms in total. The number of benzene rings is 2. The molecule has 2 aromatic carbocycles. The van der Waals surface area contributed by atoms with Crippen LogP contribution in [0.4, 0.5) is 0 Å². The molecule has 102 valence electrons. The molecule has 0 fully saturated rings. The summed E-state index contributed by atoms with van der Waals surface area (Å²) >= 11 is 0. The van der Waals surface area contributed by atoms with E-state index in [0.717, 1.165) is 17.7 Å². The van der Waals surface area contributed by atoms with E-state index in [1.54, 1.807) is 7.11 Å². The topological polar surface area (TPSA) is 18.5 Å². The molecule has 0 saturated carbocycles. The molecule has 0 radical (unpaired) electrons. The van der Waals surface area contributed by atoms with E-state index in [1.165, 1.54) is 11.1 Å². The molecule has 1 heterocycles. The summed E-state index contributed by atoms with van der Waals surface area (Å²) < 4.78 is 11.0. The van der Waals surface area contributed by atoms with Gasteiger partial charge in [-0.15, -0.1) is 0 Å². The number of hydrogen-bond acceptors (Lipinski definition) is 2. The fourth-order valence-corrected chi connectivity index (χ4v) is 2.43. The highest BCUT2D eigenvalue weighted by atomic mass is 16.5. The van der Waals surface area contributed by atoms with E-state index in [9.17, 15) is 0 Å². The molecule has 0 N–H and O–H groups in total. The Bertz CT molecular complexity index is 599. The third-order valence-electron chi connectivity index (χ3n) is 3.61. The lowest BCUT2D eigenvalue weighted by Gasteiger charge is -2.22. The van der Waals surface area contributed by atoms with Crippen molar-refractivity contribution in [1.29, 1.82) is 0 Å². The van der Waals surface area contributed by atoms with Crippen LogP contribution in [0.1, 0.15) is 16.7 Å². The molecule has 0 saturated heterocycles. The molecule has 0 aliphatic carbocycles. The van der Waals surface area contributed by atoms with Crippen molar-refractivity contribution in [1.82, 2.24) is 0 Å². The van der Waals surface area contributed by atoms with Crippen LogP contribution in [-0.4, -0.2) is 13.2 Å². The van der Waals surface area contributed by atoms with E-state index in [1.807, 2.05) is 24.3 Å². The molecule has 20 heavy (non-hydrogen) atoms. The van der Waals surface area contributed by atoms with Crippen LogP contribution in [0.25, 0.3) is 6.08 Å². The Balaban J connectivity index is 1.68. The summed E-state index contributed by atoms with van der Waals surface area (Å²) in [7, 11) is 1.68. The van der Waals surface area contributed by atoms with Gasteiger partial charge in [-0.3, -0.25) is 0 Å². The summed E-state index contributed by atoms with van der Waals surface area (Å²) in [4.78, 5) is 0. The molecule has 1 atom stereocenters. The van der Waals surface area contributed by atoms with Gasteiger partial charge in [0.15, 0.2) is 0 Å². The van der Waals surface area contributed by atoms with Crippen molar-refractivity contribution in [3.8, 4) is 5.75 Å². The molecule has 3 rings (SSSR count). The Labute approximate surface area is 119 Å². The van der Waals surface area contributed by atoms with Gasteiger partial charge in [0.25, 0.3) is 0 Å². The first-order valence-electron chi connectivity index (χ1n) is 6.86. The first-order chi connectivity index (χ1) is 9.85. The number of methoxy groups -OCH3 is 1. The summed E-state index contributed by atoms with van der Waals surface area (Å²) in [5.41, 5.74) is 3.86. The maximum Gasteiger partial charge on any atom is 0.118 e. The third kappa shape index (κ3) is 2.91. The van der Waals surface area contributed by atoms with E-state index in [2.05, 4.69) is 36.4 Å². The van der Waals surface area contributed by atoms with Crippen LogP contribution in [-0.2, 0) is 17.8 Å². The Morgan fingerprint density at radius 3 is 2.55 bits per heavy atom. The second-order valence-corrected chi connectivity index (χ2v) is 4.95. The molecule has 1 aliphatic heterocycles. The van der Waals surface area contributed by atoms with Gasteiger partial charge in [0, 0.05) is 6.42 Å². The third-order valence-corrected chi connectivity index (χ3v) is 3.61. The average Bonchev–Trinajstić information content (AvgIpc) is 2.53. The lowest BCUT2D eigenvalue weighted by Crippen LogP contribution is -2.19. The van der Waals surface area contributed by atoms with Crippen molar-refractivity contribution in [2.75, 3.05) is 7.11 Å². The summed E-state index contributed by atoms with van der Waals surface area (Å²) in [6.45, 7) is 0.702. The van der Waals surface area contributed by atoms with Gasteiger partial charge in [0.1, 0.15) is 5.75 Å². The average molecular weight is 266 g/mol. The molecule has 0 bridgehead atoms.